The molecular formula is C16H18N2O2. The molecule has 0 aromatic heterocycles. The summed E-state index contributed by atoms with van der Waals surface area (Å²) in [5, 5.41) is 17.7. The van der Waals surface area contributed by atoms with E-state index in [1.54, 1.807) is 12.1 Å². The van der Waals surface area contributed by atoms with E-state index >= 15 is 0 Å². The van der Waals surface area contributed by atoms with Crippen molar-refractivity contribution in [2.75, 3.05) is 11.9 Å². The number of phenols is 1. The molecule has 20 heavy (non-hydrogen) atoms. The third kappa shape index (κ3) is 2.91. The molecule has 3 rings (SSSR count). The average Bonchev–Trinajstić information content (AvgIpc) is 3.24. The predicted molar refractivity (Wildman–Crippen MR) is 79.9 cm³/mol. The highest BCUT2D eigenvalue weighted by atomic mass is 16.3. The third-order valence-corrected chi connectivity index (χ3v) is 3.54. The first-order valence-corrected chi connectivity index (χ1v) is 6.98. The van der Waals surface area contributed by atoms with E-state index < -0.39 is 0 Å². The van der Waals surface area contributed by atoms with Crippen LogP contribution in [0.15, 0.2) is 36.4 Å². The smallest absolute Gasteiger partial charge is 0.225 e. The molecule has 0 unspecified atom stereocenters. The van der Waals surface area contributed by atoms with Crippen molar-refractivity contribution in [1.82, 2.24) is 5.32 Å². The van der Waals surface area contributed by atoms with Crippen molar-refractivity contribution in [2.24, 2.45) is 0 Å². The molecule has 0 bridgehead atoms. The Morgan fingerprint density at radius 1 is 1.15 bits per heavy atom. The number of hydrogen-bond donors (Lipinski definition) is 3. The number of anilines is 1. The number of fused-ring (bicyclic) bond motifs is 1. The minimum atomic E-state index is -0.00556. The van der Waals surface area contributed by atoms with Crippen molar-refractivity contribution in [3.05, 3.63) is 36.4 Å². The quantitative estimate of drug-likeness (QED) is 0.782. The number of amides is 1. The van der Waals surface area contributed by atoms with E-state index in [1.165, 1.54) is 12.8 Å². The highest BCUT2D eigenvalue weighted by Gasteiger charge is 2.20. The Labute approximate surface area is 117 Å². The summed E-state index contributed by atoms with van der Waals surface area (Å²) in [5.41, 5.74) is 0.745. The first kappa shape index (κ1) is 12.9. The van der Waals surface area contributed by atoms with Crippen LogP contribution in [-0.4, -0.2) is 23.6 Å². The van der Waals surface area contributed by atoms with Gasteiger partial charge in [-0.2, -0.15) is 0 Å². The zero-order valence-corrected chi connectivity index (χ0v) is 11.2. The summed E-state index contributed by atoms with van der Waals surface area (Å²) in [4.78, 5) is 11.9. The largest absolute Gasteiger partial charge is 0.507 e. The number of benzene rings is 2. The molecule has 0 saturated heterocycles. The SMILES string of the molecule is O=C(CCNC1CC1)Nc1cccc2c(O)cccc12. The summed E-state index contributed by atoms with van der Waals surface area (Å²) < 4.78 is 0. The van der Waals surface area contributed by atoms with E-state index in [0.29, 0.717) is 19.0 Å². The number of rotatable bonds is 5. The van der Waals surface area contributed by atoms with Gasteiger partial charge in [-0.1, -0.05) is 24.3 Å². The van der Waals surface area contributed by atoms with Gasteiger partial charge in [-0.05, 0) is 25.0 Å². The maximum atomic E-state index is 11.9. The van der Waals surface area contributed by atoms with Crippen LogP contribution in [0.4, 0.5) is 5.69 Å². The molecule has 1 amide bonds. The fraction of sp³-hybridized carbons (Fsp3) is 0.312. The Hall–Kier alpha value is -2.07. The van der Waals surface area contributed by atoms with Gasteiger partial charge in [0.1, 0.15) is 5.75 Å². The molecule has 4 heteroatoms. The molecule has 1 fully saturated rings. The Balaban J connectivity index is 1.69. The second-order valence-electron chi connectivity index (χ2n) is 5.20. The summed E-state index contributed by atoms with van der Waals surface area (Å²) in [7, 11) is 0. The topological polar surface area (TPSA) is 61.4 Å². The second kappa shape index (κ2) is 5.51. The number of nitrogens with one attached hydrogen (secondary N) is 2. The summed E-state index contributed by atoms with van der Waals surface area (Å²) >= 11 is 0. The summed E-state index contributed by atoms with van der Waals surface area (Å²) in [6.07, 6.45) is 2.92. The molecule has 0 heterocycles. The van der Waals surface area contributed by atoms with Crippen LogP contribution in [-0.2, 0) is 4.79 Å². The fourth-order valence-corrected chi connectivity index (χ4v) is 2.29. The molecule has 1 saturated carbocycles. The van der Waals surface area contributed by atoms with Crippen molar-refractivity contribution in [3.8, 4) is 5.75 Å². The van der Waals surface area contributed by atoms with Crippen LogP contribution < -0.4 is 10.6 Å². The van der Waals surface area contributed by atoms with Gasteiger partial charge >= 0.3 is 0 Å². The molecule has 0 radical (unpaired) electrons. The molecule has 3 N–H and O–H groups in total. The molecule has 2 aromatic carbocycles. The van der Waals surface area contributed by atoms with Crippen molar-refractivity contribution < 1.29 is 9.90 Å². The Kier molecular flexibility index (Phi) is 3.56. The number of phenolic OH excluding ortho intramolecular Hbond substituents is 1. The van der Waals surface area contributed by atoms with E-state index in [-0.39, 0.29) is 11.7 Å². The minimum absolute atomic E-state index is 0.00556. The normalized spacial score (nSPS) is 14.4. The molecule has 0 aliphatic heterocycles. The molecule has 0 spiro atoms. The van der Waals surface area contributed by atoms with Gasteiger partial charge < -0.3 is 15.7 Å². The zero-order chi connectivity index (χ0) is 13.9. The highest BCUT2D eigenvalue weighted by Crippen LogP contribution is 2.29. The number of aromatic hydroxyl groups is 1. The molecule has 104 valence electrons. The van der Waals surface area contributed by atoms with Crippen LogP contribution in [0.25, 0.3) is 10.8 Å². The monoisotopic (exact) mass is 270 g/mol. The van der Waals surface area contributed by atoms with Gasteiger partial charge in [-0.25, -0.2) is 0 Å². The standard InChI is InChI=1S/C16H18N2O2/c19-15-6-2-3-12-13(15)4-1-5-14(12)18-16(20)9-10-17-11-7-8-11/h1-6,11,17,19H,7-10H2,(H,18,20). The van der Waals surface area contributed by atoms with Gasteiger partial charge in [0.2, 0.25) is 5.91 Å². The first-order chi connectivity index (χ1) is 9.74. The number of hydrogen-bond acceptors (Lipinski definition) is 3. The Morgan fingerprint density at radius 2 is 1.90 bits per heavy atom. The van der Waals surface area contributed by atoms with E-state index in [1.807, 2.05) is 24.3 Å². The van der Waals surface area contributed by atoms with Gasteiger partial charge in [0, 0.05) is 35.5 Å². The molecule has 2 aromatic rings. The highest BCUT2D eigenvalue weighted by molar-refractivity contribution is 6.03. The van der Waals surface area contributed by atoms with Crippen LogP contribution >= 0.6 is 0 Å². The van der Waals surface area contributed by atoms with Crippen LogP contribution in [0.3, 0.4) is 0 Å². The fourth-order valence-electron chi connectivity index (χ4n) is 2.29. The predicted octanol–water partition coefficient (Wildman–Crippen LogP) is 2.63. The molecule has 4 nitrogen and oxygen atoms in total. The number of carbonyl (C=O) groups excluding carboxylic acids is 1. The van der Waals surface area contributed by atoms with Crippen molar-refractivity contribution >= 4 is 22.4 Å². The van der Waals surface area contributed by atoms with Crippen LogP contribution in [0, 0.1) is 0 Å². The summed E-state index contributed by atoms with van der Waals surface area (Å²) in [6.45, 7) is 0.715. The molecular weight excluding hydrogens is 252 g/mol. The summed E-state index contributed by atoms with van der Waals surface area (Å²) in [5.74, 6) is 0.225. The van der Waals surface area contributed by atoms with Crippen molar-refractivity contribution in [1.29, 1.82) is 0 Å². The first-order valence-electron chi connectivity index (χ1n) is 6.98. The Bertz CT molecular complexity index is 635. The maximum Gasteiger partial charge on any atom is 0.225 e. The Morgan fingerprint density at radius 3 is 2.70 bits per heavy atom. The van der Waals surface area contributed by atoms with Crippen LogP contribution in [0.2, 0.25) is 0 Å². The zero-order valence-electron chi connectivity index (χ0n) is 11.2. The molecule has 1 aliphatic carbocycles. The lowest BCUT2D eigenvalue weighted by Gasteiger charge is -2.10. The van der Waals surface area contributed by atoms with Gasteiger partial charge in [0.25, 0.3) is 0 Å². The van der Waals surface area contributed by atoms with E-state index in [4.69, 9.17) is 0 Å². The van der Waals surface area contributed by atoms with E-state index in [9.17, 15) is 9.90 Å². The maximum absolute atomic E-state index is 11.9. The van der Waals surface area contributed by atoms with Gasteiger partial charge in [-0.15, -0.1) is 0 Å². The molecule has 1 aliphatic rings. The average molecular weight is 270 g/mol. The summed E-state index contributed by atoms with van der Waals surface area (Å²) in [6, 6.07) is 11.5. The van der Waals surface area contributed by atoms with Gasteiger partial charge in [0.05, 0.1) is 0 Å². The second-order valence-corrected chi connectivity index (χ2v) is 5.20. The van der Waals surface area contributed by atoms with Crippen LogP contribution in [0.1, 0.15) is 19.3 Å². The minimum Gasteiger partial charge on any atom is -0.507 e. The van der Waals surface area contributed by atoms with Crippen molar-refractivity contribution in [2.45, 2.75) is 25.3 Å². The van der Waals surface area contributed by atoms with Crippen molar-refractivity contribution in [3.63, 3.8) is 0 Å². The lowest BCUT2D eigenvalue weighted by molar-refractivity contribution is -0.116. The third-order valence-electron chi connectivity index (χ3n) is 3.54. The lowest BCUT2D eigenvalue weighted by Crippen LogP contribution is -2.23. The van der Waals surface area contributed by atoms with Crippen LogP contribution in [0.5, 0.6) is 5.75 Å². The van der Waals surface area contributed by atoms with Gasteiger partial charge in [0.15, 0.2) is 0 Å². The van der Waals surface area contributed by atoms with Gasteiger partial charge in [-0.3, -0.25) is 4.79 Å². The lowest BCUT2D eigenvalue weighted by atomic mass is 10.1. The van der Waals surface area contributed by atoms with E-state index in [2.05, 4.69) is 10.6 Å². The van der Waals surface area contributed by atoms with E-state index in [0.717, 1.165) is 16.5 Å². The number of carbonyl (C=O) groups is 1. The molecule has 0 atom stereocenters.